The van der Waals surface area contributed by atoms with Gasteiger partial charge in [0.05, 0.1) is 5.69 Å². The van der Waals surface area contributed by atoms with Crippen LogP contribution in [0.1, 0.15) is 20.8 Å². The average molecular weight is 220 g/mol. The molecule has 1 aromatic carbocycles. The summed E-state index contributed by atoms with van der Waals surface area (Å²) in [6, 6.07) is 10.1. The molecule has 4 heteroatoms. The average Bonchev–Trinajstić information content (AvgIpc) is 2.29. The van der Waals surface area contributed by atoms with E-state index in [9.17, 15) is 0 Å². The van der Waals surface area contributed by atoms with Gasteiger partial charge >= 0.3 is 0 Å². The standard InChI is InChI=1S/C12H20N4/c1-4-16(10(2)3)12(15-13)14-11-8-6-5-7-9-11/h5-10H,4,13H2,1-3H3,(H,14,15). The van der Waals surface area contributed by atoms with Crippen molar-refractivity contribution in [3.05, 3.63) is 30.3 Å². The predicted molar refractivity (Wildman–Crippen MR) is 68.4 cm³/mol. The maximum Gasteiger partial charge on any atom is 0.213 e. The fraction of sp³-hybridized carbons (Fsp3) is 0.417. The second-order valence-electron chi connectivity index (χ2n) is 3.80. The third-order valence-electron chi connectivity index (χ3n) is 2.36. The molecule has 0 aliphatic rings. The molecule has 0 heterocycles. The number of nitrogens with one attached hydrogen (secondary N) is 1. The van der Waals surface area contributed by atoms with Gasteiger partial charge in [-0.2, -0.15) is 0 Å². The molecule has 0 bridgehead atoms. The smallest absolute Gasteiger partial charge is 0.213 e. The van der Waals surface area contributed by atoms with Gasteiger partial charge in [0.2, 0.25) is 5.96 Å². The SMILES string of the molecule is CCN(C(=Nc1ccccc1)NN)C(C)C. The van der Waals surface area contributed by atoms with Crippen molar-refractivity contribution in [2.24, 2.45) is 10.8 Å². The third kappa shape index (κ3) is 3.24. The van der Waals surface area contributed by atoms with Gasteiger partial charge in [-0.15, -0.1) is 0 Å². The van der Waals surface area contributed by atoms with Gasteiger partial charge in [-0.25, -0.2) is 10.8 Å². The Morgan fingerprint density at radius 3 is 2.44 bits per heavy atom. The predicted octanol–water partition coefficient (Wildman–Crippen LogP) is 1.87. The molecule has 0 spiro atoms. The molecular weight excluding hydrogens is 200 g/mol. The van der Waals surface area contributed by atoms with Crippen molar-refractivity contribution in [2.75, 3.05) is 6.54 Å². The highest BCUT2D eigenvalue weighted by Crippen LogP contribution is 2.11. The maximum absolute atomic E-state index is 5.51. The van der Waals surface area contributed by atoms with Crippen LogP contribution in [-0.4, -0.2) is 23.4 Å². The lowest BCUT2D eigenvalue weighted by atomic mass is 10.3. The van der Waals surface area contributed by atoms with Gasteiger partial charge in [0.25, 0.3) is 0 Å². The molecular formula is C12H20N4. The number of hydrogen-bond acceptors (Lipinski definition) is 2. The molecule has 0 saturated carbocycles. The molecule has 1 rings (SSSR count). The maximum atomic E-state index is 5.51. The van der Waals surface area contributed by atoms with E-state index in [-0.39, 0.29) is 0 Å². The molecule has 0 aromatic heterocycles. The third-order valence-corrected chi connectivity index (χ3v) is 2.36. The van der Waals surface area contributed by atoms with Crippen LogP contribution in [0.2, 0.25) is 0 Å². The van der Waals surface area contributed by atoms with E-state index in [1.807, 2.05) is 30.3 Å². The Kier molecular flexibility index (Phi) is 4.79. The molecule has 0 saturated heterocycles. The van der Waals surface area contributed by atoms with E-state index >= 15 is 0 Å². The van der Waals surface area contributed by atoms with Crippen LogP contribution in [0.4, 0.5) is 5.69 Å². The van der Waals surface area contributed by atoms with Gasteiger partial charge in [-0.3, -0.25) is 5.43 Å². The molecule has 1 aromatic rings. The van der Waals surface area contributed by atoms with E-state index in [1.165, 1.54) is 0 Å². The van der Waals surface area contributed by atoms with Crippen LogP contribution in [0.15, 0.2) is 35.3 Å². The lowest BCUT2D eigenvalue weighted by Crippen LogP contribution is -2.47. The highest BCUT2D eigenvalue weighted by molar-refractivity contribution is 5.82. The minimum Gasteiger partial charge on any atom is -0.339 e. The molecule has 0 aliphatic heterocycles. The Labute approximate surface area is 97.1 Å². The van der Waals surface area contributed by atoms with Crippen LogP contribution < -0.4 is 11.3 Å². The van der Waals surface area contributed by atoms with E-state index < -0.39 is 0 Å². The van der Waals surface area contributed by atoms with E-state index in [1.54, 1.807) is 0 Å². The summed E-state index contributed by atoms with van der Waals surface area (Å²) in [6.45, 7) is 7.17. The van der Waals surface area contributed by atoms with E-state index in [2.05, 4.69) is 36.1 Å². The number of rotatable bonds is 3. The van der Waals surface area contributed by atoms with Crippen LogP contribution >= 0.6 is 0 Å². The minimum absolute atomic E-state index is 0.364. The molecule has 0 amide bonds. The molecule has 0 atom stereocenters. The molecule has 88 valence electrons. The summed E-state index contributed by atoms with van der Waals surface area (Å²) in [6.07, 6.45) is 0. The Bertz CT molecular complexity index is 332. The Morgan fingerprint density at radius 1 is 1.38 bits per heavy atom. The Hall–Kier alpha value is -1.55. The molecule has 0 fully saturated rings. The van der Waals surface area contributed by atoms with Gasteiger partial charge in [0, 0.05) is 12.6 Å². The molecule has 3 N–H and O–H groups in total. The van der Waals surface area contributed by atoms with Crippen molar-refractivity contribution in [3.63, 3.8) is 0 Å². The second kappa shape index (κ2) is 6.12. The highest BCUT2D eigenvalue weighted by Gasteiger charge is 2.11. The summed E-state index contributed by atoms with van der Waals surface area (Å²) in [4.78, 5) is 6.58. The monoisotopic (exact) mass is 220 g/mol. The Balaban J connectivity index is 2.93. The lowest BCUT2D eigenvalue weighted by Gasteiger charge is -2.27. The zero-order valence-electron chi connectivity index (χ0n) is 10.1. The van der Waals surface area contributed by atoms with Crippen LogP contribution in [0.25, 0.3) is 0 Å². The number of nitrogens with two attached hydrogens (primary N) is 1. The van der Waals surface area contributed by atoms with Gasteiger partial charge < -0.3 is 4.90 Å². The number of aliphatic imine (C=N–C) groups is 1. The van der Waals surface area contributed by atoms with Crippen LogP contribution in [0.3, 0.4) is 0 Å². The number of guanidine groups is 1. The van der Waals surface area contributed by atoms with Gasteiger partial charge in [0.15, 0.2) is 0 Å². The number of para-hydroxylation sites is 1. The quantitative estimate of drug-likeness (QED) is 0.354. The largest absolute Gasteiger partial charge is 0.339 e. The van der Waals surface area contributed by atoms with Gasteiger partial charge in [-0.1, -0.05) is 18.2 Å². The summed E-state index contributed by atoms with van der Waals surface area (Å²) in [5.74, 6) is 6.21. The normalized spacial score (nSPS) is 11.7. The first-order chi connectivity index (χ1) is 7.69. The molecule has 4 nitrogen and oxygen atoms in total. The van der Waals surface area contributed by atoms with Crippen LogP contribution in [0.5, 0.6) is 0 Å². The highest BCUT2D eigenvalue weighted by atomic mass is 15.4. The van der Waals surface area contributed by atoms with E-state index in [4.69, 9.17) is 5.84 Å². The van der Waals surface area contributed by atoms with Crippen molar-refractivity contribution in [1.29, 1.82) is 0 Å². The Morgan fingerprint density at radius 2 is 2.00 bits per heavy atom. The van der Waals surface area contributed by atoms with Crippen LogP contribution in [0, 0.1) is 0 Å². The summed E-state index contributed by atoms with van der Waals surface area (Å²) in [5.41, 5.74) is 3.56. The van der Waals surface area contributed by atoms with Gasteiger partial charge in [0.1, 0.15) is 0 Å². The first kappa shape index (κ1) is 12.5. The lowest BCUT2D eigenvalue weighted by molar-refractivity contribution is 0.354. The van der Waals surface area contributed by atoms with Crippen molar-refractivity contribution in [1.82, 2.24) is 10.3 Å². The number of nitrogens with zero attached hydrogens (tertiary/aromatic N) is 2. The number of benzene rings is 1. The van der Waals surface area contributed by atoms with Crippen molar-refractivity contribution in [2.45, 2.75) is 26.8 Å². The molecule has 0 unspecified atom stereocenters. The number of hydrogen-bond donors (Lipinski definition) is 2. The molecule has 16 heavy (non-hydrogen) atoms. The summed E-state index contributed by atoms with van der Waals surface area (Å²) in [7, 11) is 0. The van der Waals surface area contributed by atoms with Gasteiger partial charge in [-0.05, 0) is 32.9 Å². The summed E-state index contributed by atoms with van der Waals surface area (Å²) in [5, 5.41) is 0. The number of hydrazine groups is 1. The molecule has 0 aliphatic carbocycles. The fourth-order valence-electron chi connectivity index (χ4n) is 1.56. The first-order valence-electron chi connectivity index (χ1n) is 5.56. The van der Waals surface area contributed by atoms with E-state index in [0.29, 0.717) is 12.0 Å². The minimum atomic E-state index is 0.364. The topological polar surface area (TPSA) is 53.6 Å². The summed E-state index contributed by atoms with van der Waals surface area (Å²) < 4.78 is 0. The van der Waals surface area contributed by atoms with Crippen LogP contribution in [-0.2, 0) is 0 Å². The first-order valence-corrected chi connectivity index (χ1v) is 5.56. The zero-order chi connectivity index (χ0) is 12.0. The van der Waals surface area contributed by atoms with Crippen molar-refractivity contribution < 1.29 is 0 Å². The summed E-state index contributed by atoms with van der Waals surface area (Å²) >= 11 is 0. The van der Waals surface area contributed by atoms with E-state index in [0.717, 1.165) is 12.2 Å². The van der Waals surface area contributed by atoms with Crippen molar-refractivity contribution >= 4 is 11.6 Å². The molecule has 0 radical (unpaired) electrons. The van der Waals surface area contributed by atoms with Crippen molar-refractivity contribution in [3.8, 4) is 0 Å². The second-order valence-corrected chi connectivity index (χ2v) is 3.80. The fourth-order valence-corrected chi connectivity index (χ4v) is 1.56. The zero-order valence-corrected chi connectivity index (χ0v) is 10.1.